The molecule has 1 heterocycles. The molecule has 1 amide bonds. The highest BCUT2D eigenvalue weighted by molar-refractivity contribution is 7.18. The molecule has 3 aromatic rings. The van der Waals surface area contributed by atoms with Crippen LogP contribution in [-0.4, -0.2) is 19.0 Å². The van der Waals surface area contributed by atoms with Gasteiger partial charge in [0, 0.05) is 5.56 Å². The van der Waals surface area contributed by atoms with Crippen LogP contribution in [0.3, 0.4) is 0 Å². The van der Waals surface area contributed by atoms with Gasteiger partial charge in [-0.25, -0.2) is 4.79 Å². The lowest BCUT2D eigenvalue weighted by molar-refractivity contribution is 0.0605. The lowest BCUT2D eigenvalue weighted by Crippen LogP contribution is -2.11. The number of carbonyl (C=O) groups is 2. The Bertz CT molecular complexity index is 1030. The average molecular weight is 350 g/mol. The maximum Gasteiger partial charge on any atom is 0.348 e. The lowest BCUT2D eigenvalue weighted by atomic mass is 10.1. The predicted octanol–water partition coefficient (Wildman–Crippen LogP) is 4.12. The molecule has 0 radical (unpaired) electrons. The number of nitrogens with one attached hydrogen (secondary N) is 1. The molecule has 0 aliphatic carbocycles. The van der Waals surface area contributed by atoms with Crippen molar-refractivity contribution >= 4 is 39.0 Å². The van der Waals surface area contributed by atoms with Gasteiger partial charge in [-0.1, -0.05) is 30.3 Å². The first-order valence-corrected chi connectivity index (χ1v) is 8.28. The molecule has 2 aromatic carbocycles. The van der Waals surface area contributed by atoms with Crippen LogP contribution in [0.15, 0.2) is 42.5 Å². The Balaban J connectivity index is 1.94. The maximum atomic E-state index is 12.6. The minimum atomic E-state index is -0.523. The standard InChI is InChI=1S/C19H14N2O3S/c1-11-15(10-20)18(25-16(11)19(23)24-2)21-17(22)14-8-7-12-5-3-4-6-13(12)9-14/h3-9H,1-2H3,(H,21,22). The molecule has 6 heteroatoms. The van der Waals surface area contributed by atoms with Crippen molar-refractivity contribution in [3.05, 3.63) is 64.0 Å². The molecule has 0 aliphatic heterocycles. The van der Waals surface area contributed by atoms with Crippen LogP contribution >= 0.6 is 11.3 Å². The van der Waals surface area contributed by atoms with Gasteiger partial charge >= 0.3 is 5.97 Å². The molecule has 0 atom stereocenters. The summed E-state index contributed by atoms with van der Waals surface area (Å²) in [6.45, 7) is 1.66. The highest BCUT2D eigenvalue weighted by Gasteiger charge is 2.22. The summed E-state index contributed by atoms with van der Waals surface area (Å²) in [4.78, 5) is 24.7. The van der Waals surface area contributed by atoms with E-state index in [1.54, 1.807) is 19.1 Å². The van der Waals surface area contributed by atoms with Gasteiger partial charge in [-0.2, -0.15) is 5.26 Å². The second-order valence-corrected chi connectivity index (χ2v) is 6.40. The average Bonchev–Trinajstić information content (AvgIpc) is 2.95. The van der Waals surface area contributed by atoms with Crippen LogP contribution in [0.4, 0.5) is 5.00 Å². The third-order valence-electron chi connectivity index (χ3n) is 3.87. The van der Waals surface area contributed by atoms with Crippen molar-refractivity contribution < 1.29 is 14.3 Å². The van der Waals surface area contributed by atoms with Crippen molar-refractivity contribution in [1.82, 2.24) is 0 Å². The maximum absolute atomic E-state index is 12.6. The fourth-order valence-corrected chi connectivity index (χ4v) is 3.60. The molecule has 1 N–H and O–H groups in total. The van der Waals surface area contributed by atoms with Crippen molar-refractivity contribution in [2.45, 2.75) is 6.92 Å². The minimum absolute atomic E-state index is 0.277. The van der Waals surface area contributed by atoms with E-state index in [4.69, 9.17) is 4.74 Å². The highest BCUT2D eigenvalue weighted by atomic mass is 32.1. The highest BCUT2D eigenvalue weighted by Crippen LogP contribution is 2.33. The fourth-order valence-electron chi connectivity index (χ4n) is 2.53. The van der Waals surface area contributed by atoms with Gasteiger partial charge in [0.25, 0.3) is 5.91 Å². The summed E-state index contributed by atoms with van der Waals surface area (Å²) in [6.07, 6.45) is 0. The first-order chi connectivity index (χ1) is 12.0. The number of methoxy groups -OCH3 is 1. The number of hydrogen-bond donors (Lipinski definition) is 1. The van der Waals surface area contributed by atoms with Crippen LogP contribution in [0.5, 0.6) is 0 Å². The second-order valence-electron chi connectivity index (χ2n) is 5.38. The molecule has 5 nitrogen and oxygen atoms in total. The van der Waals surface area contributed by atoms with Crippen LogP contribution in [0.25, 0.3) is 10.8 Å². The molecule has 0 spiro atoms. The number of thiophene rings is 1. The van der Waals surface area contributed by atoms with Crippen LogP contribution in [0, 0.1) is 18.3 Å². The van der Waals surface area contributed by atoms with Gasteiger partial charge in [0.05, 0.1) is 12.7 Å². The molecule has 1 aromatic heterocycles. The predicted molar refractivity (Wildman–Crippen MR) is 97.0 cm³/mol. The second kappa shape index (κ2) is 6.75. The van der Waals surface area contributed by atoms with Crippen LogP contribution in [0.1, 0.15) is 31.2 Å². The minimum Gasteiger partial charge on any atom is -0.465 e. The van der Waals surface area contributed by atoms with Crippen LogP contribution in [-0.2, 0) is 4.74 Å². The van der Waals surface area contributed by atoms with Gasteiger partial charge in [-0.3, -0.25) is 4.79 Å². The number of hydrogen-bond acceptors (Lipinski definition) is 5. The van der Waals surface area contributed by atoms with Gasteiger partial charge in [-0.05, 0) is 35.4 Å². The molecule has 25 heavy (non-hydrogen) atoms. The monoisotopic (exact) mass is 350 g/mol. The summed E-state index contributed by atoms with van der Waals surface area (Å²) in [5, 5.41) is 14.4. The number of amides is 1. The van der Waals surface area contributed by atoms with Gasteiger partial charge < -0.3 is 10.1 Å². The van der Waals surface area contributed by atoms with E-state index in [9.17, 15) is 14.9 Å². The van der Waals surface area contributed by atoms with E-state index in [1.807, 2.05) is 36.4 Å². The number of nitrogens with zero attached hydrogens (tertiary/aromatic N) is 1. The molecule has 3 rings (SSSR count). The summed E-state index contributed by atoms with van der Waals surface area (Å²) < 4.78 is 4.72. The van der Waals surface area contributed by atoms with Crippen molar-refractivity contribution in [3.63, 3.8) is 0 Å². The number of nitriles is 1. The Morgan fingerprint density at radius 2 is 1.88 bits per heavy atom. The zero-order chi connectivity index (χ0) is 18.0. The van der Waals surface area contributed by atoms with Gasteiger partial charge in [-0.15, -0.1) is 11.3 Å². The molecule has 0 fully saturated rings. The summed E-state index contributed by atoms with van der Waals surface area (Å²) in [7, 11) is 1.28. The van der Waals surface area contributed by atoms with Crippen molar-refractivity contribution in [2.75, 3.05) is 12.4 Å². The summed E-state index contributed by atoms with van der Waals surface area (Å²) >= 11 is 1.04. The van der Waals surface area contributed by atoms with E-state index in [2.05, 4.69) is 5.32 Å². The smallest absolute Gasteiger partial charge is 0.348 e. The Labute approximate surface area is 148 Å². The topological polar surface area (TPSA) is 79.2 Å². The molecule has 0 bridgehead atoms. The SMILES string of the molecule is COC(=O)c1sc(NC(=O)c2ccc3ccccc3c2)c(C#N)c1C. The summed E-state index contributed by atoms with van der Waals surface area (Å²) in [5.41, 5.74) is 1.26. The largest absolute Gasteiger partial charge is 0.465 e. The van der Waals surface area contributed by atoms with Crippen molar-refractivity contribution in [3.8, 4) is 6.07 Å². The first-order valence-electron chi connectivity index (χ1n) is 7.47. The van der Waals surface area contributed by atoms with E-state index in [-0.39, 0.29) is 11.5 Å². The van der Waals surface area contributed by atoms with Gasteiger partial charge in [0.2, 0.25) is 0 Å². The van der Waals surface area contributed by atoms with Crippen molar-refractivity contribution in [1.29, 1.82) is 5.26 Å². The Morgan fingerprint density at radius 1 is 1.16 bits per heavy atom. The third kappa shape index (κ3) is 3.10. The molecular weight excluding hydrogens is 336 g/mol. The fraction of sp³-hybridized carbons (Fsp3) is 0.105. The molecule has 0 aliphatic rings. The van der Waals surface area contributed by atoms with Crippen molar-refractivity contribution in [2.24, 2.45) is 0 Å². The van der Waals surface area contributed by atoms with E-state index in [0.29, 0.717) is 21.0 Å². The van der Waals surface area contributed by atoms with E-state index >= 15 is 0 Å². The quantitative estimate of drug-likeness (QED) is 0.721. The first kappa shape index (κ1) is 16.7. The zero-order valence-electron chi connectivity index (χ0n) is 13.6. The van der Waals surface area contributed by atoms with E-state index in [1.165, 1.54) is 7.11 Å². The number of benzene rings is 2. The number of esters is 1. The van der Waals surface area contributed by atoms with Gasteiger partial charge in [0.15, 0.2) is 0 Å². The molecule has 0 unspecified atom stereocenters. The third-order valence-corrected chi connectivity index (χ3v) is 5.06. The summed E-state index contributed by atoms with van der Waals surface area (Å²) in [5.74, 6) is -0.856. The molecule has 0 saturated heterocycles. The normalized spacial score (nSPS) is 10.3. The van der Waals surface area contributed by atoms with Gasteiger partial charge in [0.1, 0.15) is 15.9 Å². The van der Waals surface area contributed by atoms with E-state index < -0.39 is 5.97 Å². The Hall–Kier alpha value is -3.17. The lowest BCUT2D eigenvalue weighted by Gasteiger charge is -2.05. The Kier molecular flexibility index (Phi) is 4.50. The number of carbonyl (C=O) groups excluding carboxylic acids is 2. The Morgan fingerprint density at radius 3 is 2.56 bits per heavy atom. The molecule has 0 saturated carbocycles. The molecule has 124 valence electrons. The number of anilines is 1. The number of fused-ring (bicyclic) bond motifs is 1. The number of ether oxygens (including phenoxy) is 1. The van der Waals surface area contributed by atoms with Crippen LogP contribution < -0.4 is 5.32 Å². The number of rotatable bonds is 3. The zero-order valence-corrected chi connectivity index (χ0v) is 14.4. The van der Waals surface area contributed by atoms with E-state index in [0.717, 1.165) is 22.1 Å². The molecular formula is C19H14N2O3S. The summed E-state index contributed by atoms with van der Waals surface area (Å²) in [6, 6.07) is 15.2. The van der Waals surface area contributed by atoms with Crippen LogP contribution in [0.2, 0.25) is 0 Å².